The number of aromatic nitrogens is 2. The van der Waals surface area contributed by atoms with Crippen LogP contribution in [0, 0.1) is 0 Å². The molecule has 100 valence electrons. The summed E-state index contributed by atoms with van der Waals surface area (Å²) < 4.78 is 11.1. The van der Waals surface area contributed by atoms with Crippen molar-refractivity contribution in [3.05, 3.63) is 41.3 Å². The molecule has 0 saturated carbocycles. The lowest BCUT2D eigenvalue weighted by molar-refractivity contribution is 0.338. The lowest BCUT2D eigenvalue weighted by atomic mass is 10.3. The first-order valence-corrected chi connectivity index (χ1v) is 6.53. The van der Waals surface area contributed by atoms with Gasteiger partial charge in [0.2, 0.25) is 5.88 Å². The van der Waals surface area contributed by atoms with Gasteiger partial charge in [0.1, 0.15) is 22.5 Å². The van der Waals surface area contributed by atoms with E-state index in [4.69, 9.17) is 21.1 Å². The third-order valence-electron chi connectivity index (χ3n) is 2.37. The summed E-state index contributed by atoms with van der Waals surface area (Å²) in [7, 11) is 0. The van der Waals surface area contributed by atoms with Crippen LogP contribution in [0.3, 0.4) is 0 Å². The molecular formula is C14H15ClN2O2. The van der Waals surface area contributed by atoms with Crippen molar-refractivity contribution in [1.82, 2.24) is 9.97 Å². The van der Waals surface area contributed by atoms with E-state index in [1.165, 1.54) is 0 Å². The number of rotatable bonds is 5. The van der Waals surface area contributed by atoms with Crippen molar-refractivity contribution in [2.75, 3.05) is 6.61 Å². The van der Waals surface area contributed by atoms with E-state index in [1.807, 2.05) is 38.1 Å². The summed E-state index contributed by atoms with van der Waals surface area (Å²) in [5.74, 6) is 2.51. The monoisotopic (exact) mass is 278 g/mol. The van der Waals surface area contributed by atoms with Crippen LogP contribution in [0.1, 0.15) is 19.7 Å². The molecule has 0 aliphatic carbocycles. The van der Waals surface area contributed by atoms with E-state index in [0.29, 0.717) is 35.6 Å². The minimum absolute atomic E-state index is 0.378. The predicted molar refractivity (Wildman–Crippen MR) is 74.1 cm³/mol. The number of hydrogen-bond donors (Lipinski definition) is 0. The maximum Gasteiger partial charge on any atom is 0.224 e. The smallest absolute Gasteiger partial charge is 0.224 e. The van der Waals surface area contributed by atoms with Crippen molar-refractivity contribution >= 4 is 11.6 Å². The van der Waals surface area contributed by atoms with Gasteiger partial charge in [-0.1, -0.05) is 24.6 Å². The second kappa shape index (κ2) is 6.38. The highest BCUT2D eigenvalue weighted by atomic mass is 35.5. The van der Waals surface area contributed by atoms with E-state index < -0.39 is 0 Å². The molecular weight excluding hydrogens is 264 g/mol. The fourth-order valence-corrected chi connectivity index (χ4v) is 1.76. The molecule has 0 aliphatic heterocycles. The zero-order valence-corrected chi connectivity index (χ0v) is 11.6. The molecule has 1 aromatic carbocycles. The van der Waals surface area contributed by atoms with Crippen LogP contribution in [0.5, 0.6) is 17.4 Å². The van der Waals surface area contributed by atoms with Gasteiger partial charge in [0.25, 0.3) is 0 Å². The molecule has 0 aliphatic rings. The van der Waals surface area contributed by atoms with Gasteiger partial charge in [-0.3, -0.25) is 0 Å². The van der Waals surface area contributed by atoms with Crippen LogP contribution in [-0.4, -0.2) is 16.6 Å². The zero-order chi connectivity index (χ0) is 13.7. The first-order valence-electron chi connectivity index (χ1n) is 6.15. The van der Waals surface area contributed by atoms with Crippen LogP contribution in [0.4, 0.5) is 0 Å². The Balaban J connectivity index is 2.20. The van der Waals surface area contributed by atoms with Gasteiger partial charge in [-0.05, 0) is 19.1 Å². The van der Waals surface area contributed by atoms with E-state index in [-0.39, 0.29) is 0 Å². The maximum absolute atomic E-state index is 5.92. The Kier molecular flexibility index (Phi) is 4.58. The second-order valence-electron chi connectivity index (χ2n) is 3.81. The molecule has 2 rings (SSSR count). The van der Waals surface area contributed by atoms with Crippen LogP contribution in [0.2, 0.25) is 5.15 Å². The SMILES string of the molecule is CCOc1cccc(Oc2cc(Cl)nc(CC)n2)c1. The van der Waals surface area contributed by atoms with Crippen molar-refractivity contribution in [2.45, 2.75) is 20.3 Å². The first-order chi connectivity index (χ1) is 9.21. The summed E-state index contributed by atoms with van der Waals surface area (Å²) in [4.78, 5) is 8.35. The van der Waals surface area contributed by atoms with E-state index >= 15 is 0 Å². The number of aryl methyl sites for hydroxylation is 1. The van der Waals surface area contributed by atoms with Gasteiger partial charge >= 0.3 is 0 Å². The molecule has 2 aromatic rings. The fraction of sp³-hybridized carbons (Fsp3) is 0.286. The van der Waals surface area contributed by atoms with Gasteiger partial charge < -0.3 is 9.47 Å². The van der Waals surface area contributed by atoms with E-state index in [0.717, 1.165) is 5.75 Å². The lowest BCUT2D eigenvalue weighted by Crippen LogP contribution is -1.97. The molecule has 0 N–H and O–H groups in total. The summed E-state index contributed by atoms with van der Waals surface area (Å²) >= 11 is 5.92. The Hall–Kier alpha value is -1.81. The standard InChI is InChI=1S/C14H15ClN2O2/c1-3-13-16-12(15)9-14(17-13)19-11-7-5-6-10(8-11)18-4-2/h5-9H,3-4H2,1-2H3. The Morgan fingerprint density at radius 1 is 1.11 bits per heavy atom. The Bertz CT molecular complexity index is 561. The molecule has 5 heteroatoms. The number of nitrogens with zero attached hydrogens (tertiary/aromatic N) is 2. The highest BCUT2D eigenvalue weighted by molar-refractivity contribution is 6.29. The Morgan fingerprint density at radius 2 is 1.89 bits per heavy atom. The van der Waals surface area contributed by atoms with E-state index in [9.17, 15) is 0 Å². The van der Waals surface area contributed by atoms with Gasteiger partial charge in [0, 0.05) is 18.6 Å². The second-order valence-corrected chi connectivity index (χ2v) is 4.20. The van der Waals surface area contributed by atoms with Crippen molar-refractivity contribution in [3.63, 3.8) is 0 Å². The van der Waals surface area contributed by atoms with Crippen LogP contribution in [-0.2, 0) is 6.42 Å². The molecule has 4 nitrogen and oxygen atoms in total. The van der Waals surface area contributed by atoms with Crippen molar-refractivity contribution in [3.8, 4) is 17.4 Å². The summed E-state index contributed by atoms with van der Waals surface area (Å²) in [5, 5.41) is 0.378. The number of halogens is 1. The molecule has 0 radical (unpaired) electrons. The quantitative estimate of drug-likeness (QED) is 0.779. The summed E-state index contributed by atoms with van der Waals surface area (Å²) in [6.45, 7) is 4.51. The molecule has 0 fully saturated rings. The lowest BCUT2D eigenvalue weighted by Gasteiger charge is -2.08. The third kappa shape index (κ3) is 3.83. The average molecular weight is 279 g/mol. The van der Waals surface area contributed by atoms with Crippen LogP contribution in [0.15, 0.2) is 30.3 Å². The zero-order valence-electron chi connectivity index (χ0n) is 10.9. The molecule has 1 heterocycles. The fourth-order valence-electron chi connectivity index (χ4n) is 1.57. The first kappa shape index (κ1) is 13.6. The molecule has 19 heavy (non-hydrogen) atoms. The normalized spacial score (nSPS) is 10.3. The van der Waals surface area contributed by atoms with Crippen LogP contribution in [0.25, 0.3) is 0 Å². The van der Waals surface area contributed by atoms with Gasteiger partial charge in [0.15, 0.2) is 0 Å². The average Bonchev–Trinajstić information content (AvgIpc) is 2.39. The molecule has 0 spiro atoms. The predicted octanol–water partition coefficient (Wildman–Crippen LogP) is 3.88. The van der Waals surface area contributed by atoms with Crippen LogP contribution >= 0.6 is 11.6 Å². The largest absolute Gasteiger partial charge is 0.494 e. The molecule has 0 saturated heterocycles. The topological polar surface area (TPSA) is 44.2 Å². The van der Waals surface area contributed by atoms with E-state index in [2.05, 4.69) is 9.97 Å². The summed E-state index contributed by atoms with van der Waals surface area (Å²) in [5.41, 5.74) is 0. The van der Waals surface area contributed by atoms with Crippen LogP contribution < -0.4 is 9.47 Å². The molecule has 0 unspecified atom stereocenters. The molecule has 0 bridgehead atoms. The number of ether oxygens (including phenoxy) is 2. The molecule has 1 aromatic heterocycles. The highest BCUT2D eigenvalue weighted by Crippen LogP contribution is 2.25. The number of hydrogen-bond acceptors (Lipinski definition) is 4. The van der Waals surface area contributed by atoms with Crippen molar-refractivity contribution in [2.24, 2.45) is 0 Å². The van der Waals surface area contributed by atoms with Crippen molar-refractivity contribution < 1.29 is 9.47 Å². The van der Waals surface area contributed by atoms with Gasteiger partial charge in [-0.15, -0.1) is 0 Å². The maximum atomic E-state index is 5.92. The van der Waals surface area contributed by atoms with Crippen molar-refractivity contribution in [1.29, 1.82) is 0 Å². The van der Waals surface area contributed by atoms with Gasteiger partial charge in [-0.25, -0.2) is 4.98 Å². The molecule has 0 amide bonds. The summed E-state index contributed by atoms with van der Waals surface area (Å²) in [6, 6.07) is 8.98. The highest BCUT2D eigenvalue weighted by Gasteiger charge is 2.05. The summed E-state index contributed by atoms with van der Waals surface area (Å²) in [6.07, 6.45) is 0.704. The Labute approximate surface area is 117 Å². The minimum Gasteiger partial charge on any atom is -0.494 e. The minimum atomic E-state index is 0.378. The number of benzene rings is 1. The Morgan fingerprint density at radius 3 is 2.63 bits per heavy atom. The van der Waals surface area contributed by atoms with Gasteiger partial charge in [0.05, 0.1) is 6.61 Å². The van der Waals surface area contributed by atoms with Gasteiger partial charge in [-0.2, -0.15) is 4.98 Å². The third-order valence-corrected chi connectivity index (χ3v) is 2.57. The van der Waals surface area contributed by atoms with E-state index in [1.54, 1.807) is 6.07 Å². The molecule has 0 atom stereocenters.